The molecule has 2 unspecified atom stereocenters. The van der Waals surface area contributed by atoms with Crippen molar-refractivity contribution in [3.63, 3.8) is 0 Å². The van der Waals surface area contributed by atoms with Gasteiger partial charge >= 0.3 is 0 Å². The van der Waals surface area contributed by atoms with Crippen molar-refractivity contribution < 1.29 is 28.0 Å². The topological polar surface area (TPSA) is 126 Å². The summed E-state index contributed by atoms with van der Waals surface area (Å²) in [5.41, 5.74) is 1.06. The number of hydrogen-bond donors (Lipinski definition) is 2. The molecule has 190 valence electrons. The highest BCUT2D eigenvalue weighted by molar-refractivity contribution is 6.00. The van der Waals surface area contributed by atoms with Crippen molar-refractivity contribution in [3.8, 4) is 6.07 Å². The first-order valence-corrected chi connectivity index (χ1v) is 11.4. The fourth-order valence-corrected chi connectivity index (χ4v) is 4.30. The zero-order valence-corrected chi connectivity index (χ0v) is 20.0. The molecule has 4 rings (SSSR count). The Hall–Kier alpha value is -4.59. The Kier molecular flexibility index (Phi) is 7.02. The molecule has 2 aromatic carbocycles. The van der Waals surface area contributed by atoms with Crippen LogP contribution < -0.4 is 5.32 Å². The SMILES string of the molecule is CC(=O)c1ccc(NC(=O)C2CC(C#N)N(C(=O)CN(C)C(=O)c3cc4c(F)cc(F)cc4[nH]3)C2)cc1. The van der Waals surface area contributed by atoms with Crippen molar-refractivity contribution in [1.82, 2.24) is 14.8 Å². The van der Waals surface area contributed by atoms with E-state index in [1.807, 2.05) is 6.07 Å². The van der Waals surface area contributed by atoms with Crippen LogP contribution in [0, 0.1) is 28.9 Å². The Morgan fingerprint density at radius 1 is 1.16 bits per heavy atom. The van der Waals surface area contributed by atoms with Gasteiger partial charge in [0.05, 0.1) is 24.0 Å². The maximum atomic E-state index is 14.0. The van der Waals surface area contributed by atoms with Gasteiger partial charge in [0.25, 0.3) is 5.91 Å². The highest BCUT2D eigenvalue weighted by atomic mass is 19.1. The third-order valence-corrected chi connectivity index (χ3v) is 6.30. The van der Waals surface area contributed by atoms with E-state index in [1.165, 1.54) is 24.9 Å². The van der Waals surface area contributed by atoms with Crippen LogP contribution in [0.5, 0.6) is 0 Å². The normalized spacial score (nSPS) is 16.9. The number of nitriles is 1. The predicted octanol–water partition coefficient (Wildman–Crippen LogP) is 3.10. The van der Waals surface area contributed by atoms with Gasteiger partial charge in [0, 0.05) is 36.3 Å². The minimum absolute atomic E-state index is 0.00662. The first kappa shape index (κ1) is 25.5. The zero-order chi connectivity index (χ0) is 26.9. The van der Waals surface area contributed by atoms with Crippen LogP contribution in [-0.4, -0.2) is 64.5 Å². The van der Waals surface area contributed by atoms with E-state index in [0.29, 0.717) is 17.3 Å². The minimum Gasteiger partial charge on any atom is -0.350 e. The third kappa shape index (κ3) is 5.33. The number of nitrogens with zero attached hydrogens (tertiary/aromatic N) is 3. The summed E-state index contributed by atoms with van der Waals surface area (Å²) in [6.45, 7) is 1.04. The number of H-pyrrole nitrogens is 1. The summed E-state index contributed by atoms with van der Waals surface area (Å²) in [5.74, 6) is -3.89. The van der Waals surface area contributed by atoms with Crippen LogP contribution in [0.2, 0.25) is 0 Å². The van der Waals surface area contributed by atoms with Crippen LogP contribution in [0.15, 0.2) is 42.5 Å². The van der Waals surface area contributed by atoms with Crippen molar-refractivity contribution in [2.75, 3.05) is 25.5 Å². The summed E-state index contributed by atoms with van der Waals surface area (Å²) in [6, 6.07) is 10.6. The molecule has 1 saturated heterocycles. The molecule has 2 N–H and O–H groups in total. The number of rotatable bonds is 6. The Bertz CT molecular complexity index is 1440. The molecule has 1 aliphatic heterocycles. The van der Waals surface area contributed by atoms with Crippen molar-refractivity contribution in [1.29, 1.82) is 5.26 Å². The first-order chi connectivity index (χ1) is 17.6. The van der Waals surface area contributed by atoms with Gasteiger partial charge < -0.3 is 20.1 Å². The van der Waals surface area contributed by atoms with Gasteiger partial charge in [-0.15, -0.1) is 0 Å². The molecular weight excluding hydrogens is 484 g/mol. The number of aromatic amines is 1. The number of carbonyl (C=O) groups is 4. The van der Waals surface area contributed by atoms with E-state index in [0.717, 1.165) is 11.0 Å². The molecule has 11 heteroatoms. The maximum Gasteiger partial charge on any atom is 0.270 e. The van der Waals surface area contributed by atoms with E-state index >= 15 is 0 Å². The number of anilines is 1. The number of benzene rings is 2. The van der Waals surface area contributed by atoms with Crippen LogP contribution in [0.3, 0.4) is 0 Å². The van der Waals surface area contributed by atoms with E-state index in [1.54, 1.807) is 24.3 Å². The van der Waals surface area contributed by atoms with Crippen molar-refractivity contribution in [2.45, 2.75) is 19.4 Å². The number of amides is 3. The zero-order valence-electron chi connectivity index (χ0n) is 20.0. The molecule has 0 aliphatic carbocycles. The number of Topliss-reactive ketones (excluding diaryl/α,β-unsaturated/α-hetero) is 1. The van der Waals surface area contributed by atoms with Gasteiger partial charge in [-0.1, -0.05) is 0 Å². The Morgan fingerprint density at radius 2 is 1.86 bits per heavy atom. The number of nitrogens with one attached hydrogen (secondary N) is 2. The second kappa shape index (κ2) is 10.2. The van der Waals surface area contributed by atoms with E-state index < -0.39 is 35.4 Å². The van der Waals surface area contributed by atoms with Gasteiger partial charge in [0.2, 0.25) is 11.8 Å². The summed E-state index contributed by atoms with van der Waals surface area (Å²) < 4.78 is 27.5. The highest BCUT2D eigenvalue weighted by Crippen LogP contribution is 2.26. The molecule has 0 radical (unpaired) electrons. The van der Waals surface area contributed by atoms with Gasteiger partial charge in [-0.05, 0) is 49.7 Å². The van der Waals surface area contributed by atoms with E-state index in [9.17, 15) is 33.2 Å². The minimum atomic E-state index is -0.850. The van der Waals surface area contributed by atoms with Gasteiger partial charge in [-0.2, -0.15) is 5.26 Å². The molecule has 0 spiro atoms. The number of halogens is 2. The van der Waals surface area contributed by atoms with Gasteiger partial charge in [0.15, 0.2) is 5.78 Å². The molecule has 0 saturated carbocycles. The average Bonchev–Trinajstić information content (AvgIpc) is 3.48. The number of hydrogen-bond acceptors (Lipinski definition) is 5. The van der Waals surface area contributed by atoms with Crippen LogP contribution in [-0.2, 0) is 9.59 Å². The smallest absolute Gasteiger partial charge is 0.270 e. The number of aromatic nitrogens is 1. The molecule has 3 amide bonds. The predicted molar refractivity (Wildman–Crippen MR) is 129 cm³/mol. The van der Waals surface area contributed by atoms with Crippen LogP contribution in [0.4, 0.5) is 14.5 Å². The Balaban J connectivity index is 1.40. The van der Waals surface area contributed by atoms with E-state index in [-0.39, 0.29) is 47.8 Å². The summed E-state index contributed by atoms with van der Waals surface area (Å²) in [5, 5.41) is 12.3. The molecule has 3 aromatic rings. The first-order valence-electron chi connectivity index (χ1n) is 11.4. The molecule has 37 heavy (non-hydrogen) atoms. The molecule has 2 heterocycles. The lowest BCUT2D eigenvalue weighted by molar-refractivity contribution is -0.131. The number of likely N-dealkylation sites (tertiary alicyclic amines) is 1. The fraction of sp³-hybridized carbons (Fsp3) is 0.269. The quantitative estimate of drug-likeness (QED) is 0.496. The van der Waals surface area contributed by atoms with Crippen LogP contribution in [0.25, 0.3) is 10.9 Å². The standard InChI is InChI=1S/C26H23F2N5O4/c1-14(34)15-3-5-18(6-4-15)30-25(36)16-7-19(11-29)33(12-16)24(35)13-32(2)26(37)23-10-20-21(28)8-17(27)9-22(20)31-23/h3-6,8-10,16,19,31H,7,12-13H2,1-2H3,(H,30,36). The number of ketones is 1. The average molecular weight is 507 g/mol. The van der Waals surface area contributed by atoms with Crippen LogP contribution in [0.1, 0.15) is 34.2 Å². The summed E-state index contributed by atoms with van der Waals surface area (Å²) in [7, 11) is 1.37. The van der Waals surface area contributed by atoms with Gasteiger partial charge in [-0.25, -0.2) is 8.78 Å². The van der Waals surface area contributed by atoms with Crippen LogP contribution >= 0.6 is 0 Å². The van der Waals surface area contributed by atoms with E-state index in [2.05, 4.69) is 10.3 Å². The number of fused-ring (bicyclic) bond motifs is 1. The second-order valence-electron chi connectivity index (χ2n) is 8.94. The lowest BCUT2D eigenvalue weighted by atomic mass is 10.1. The summed E-state index contributed by atoms with van der Waals surface area (Å²) in [4.78, 5) is 55.0. The lowest BCUT2D eigenvalue weighted by Gasteiger charge is -2.23. The lowest BCUT2D eigenvalue weighted by Crippen LogP contribution is -2.43. The highest BCUT2D eigenvalue weighted by Gasteiger charge is 2.39. The Labute approximate surface area is 210 Å². The molecule has 9 nitrogen and oxygen atoms in total. The van der Waals surface area contributed by atoms with E-state index in [4.69, 9.17) is 0 Å². The largest absolute Gasteiger partial charge is 0.350 e. The molecule has 2 atom stereocenters. The monoisotopic (exact) mass is 507 g/mol. The summed E-state index contributed by atoms with van der Waals surface area (Å²) in [6.07, 6.45) is 0.129. The fourth-order valence-electron chi connectivity index (χ4n) is 4.30. The third-order valence-electron chi connectivity index (χ3n) is 6.30. The molecule has 0 bridgehead atoms. The Morgan fingerprint density at radius 3 is 2.51 bits per heavy atom. The number of likely N-dealkylation sites (N-methyl/N-ethyl adjacent to an activating group) is 1. The number of carbonyl (C=O) groups excluding carboxylic acids is 4. The molecule has 1 fully saturated rings. The van der Waals surface area contributed by atoms with Gasteiger partial charge in [0.1, 0.15) is 23.4 Å². The summed E-state index contributed by atoms with van der Waals surface area (Å²) >= 11 is 0. The molecule has 1 aliphatic rings. The second-order valence-corrected chi connectivity index (χ2v) is 8.94. The van der Waals surface area contributed by atoms with Crippen molar-refractivity contribution >= 4 is 40.1 Å². The van der Waals surface area contributed by atoms with Crippen molar-refractivity contribution in [3.05, 3.63) is 65.4 Å². The maximum absolute atomic E-state index is 14.0. The van der Waals surface area contributed by atoms with Gasteiger partial charge in [-0.3, -0.25) is 19.2 Å². The molecular formula is C26H23F2N5O4. The molecule has 1 aromatic heterocycles. The van der Waals surface area contributed by atoms with Crippen molar-refractivity contribution in [2.24, 2.45) is 5.92 Å².